The quantitative estimate of drug-likeness (QED) is 0.728. The van der Waals surface area contributed by atoms with E-state index in [4.69, 9.17) is 0 Å². The lowest BCUT2D eigenvalue weighted by molar-refractivity contribution is 0.164. The molecule has 14 heavy (non-hydrogen) atoms. The summed E-state index contributed by atoms with van der Waals surface area (Å²) >= 11 is 0. The van der Waals surface area contributed by atoms with Crippen LogP contribution in [0.4, 0.5) is 4.39 Å². The summed E-state index contributed by atoms with van der Waals surface area (Å²) in [4.78, 5) is 0. The Hall–Kier alpha value is -0.890. The second-order valence-corrected chi connectivity index (χ2v) is 4.11. The van der Waals surface area contributed by atoms with Gasteiger partial charge in [-0.1, -0.05) is 18.6 Å². The highest BCUT2D eigenvalue weighted by Crippen LogP contribution is 2.34. The molecule has 1 nitrogen and oxygen atoms in total. The first-order valence-electron chi connectivity index (χ1n) is 5.12. The van der Waals surface area contributed by atoms with E-state index in [-0.39, 0.29) is 17.8 Å². The average molecular weight is 194 g/mol. The van der Waals surface area contributed by atoms with Crippen molar-refractivity contribution in [2.24, 2.45) is 0 Å². The van der Waals surface area contributed by atoms with Gasteiger partial charge in [0.2, 0.25) is 0 Å². The Bertz CT molecular complexity index is 335. The fourth-order valence-corrected chi connectivity index (χ4v) is 2.23. The summed E-state index contributed by atoms with van der Waals surface area (Å²) in [5, 5.41) is 9.71. The third kappa shape index (κ3) is 1.67. The zero-order valence-corrected chi connectivity index (χ0v) is 8.33. The molecule has 1 aliphatic rings. The van der Waals surface area contributed by atoms with Crippen LogP contribution in [0.5, 0.6) is 0 Å². The molecule has 1 aromatic carbocycles. The van der Waals surface area contributed by atoms with Crippen molar-refractivity contribution in [2.75, 3.05) is 0 Å². The number of halogens is 1. The molecule has 0 radical (unpaired) electrons. The van der Waals surface area contributed by atoms with Gasteiger partial charge in [-0.25, -0.2) is 4.39 Å². The summed E-state index contributed by atoms with van der Waals surface area (Å²) in [6.07, 6.45) is 2.73. The molecule has 0 unspecified atom stereocenters. The lowest BCUT2D eigenvalue weighted by Gasteiger charge is -2.15. The highest BCUT2D eigenvalue weighted by Gasteiger charge is 2.26. The van der Waals surface area contributed by atoms with Crippen molar-refractivity contribution in [2.45, 2.75) is 38.2 Å². The minimum atomic E-state index is -0.236. The van der Waals surface area contributed by atoms with Gasteiger partial charge < -0.3 is 5.11 Å². The Labute approximate surface area is 83.6 Å². The first-order chi connectivity index (χ1) is 6.68. The lowest BCUT2D eigenvalue weighted by Crippen LogP contribution is -2.11. The first kappa shape index (κ1) is 9.66. The van der Waals surface area contributed by atoms with Gasteiger partial charge in [0.05, 0.1) is 6.10 Å². The molecule has 1 aliphatic carbocycles. The van der Waals surface area contributed by atoms with Crippen molar-refractivity contribution in [1.29, 1.82) is 0 Å². The number of hydrogen-bond donors (Lipinski definition) is 1. The predicted molar refractivity (Wildman–Crippen MR) is 53.7 cm³/mol. The molecular formula is C12H15FO. The van der Waals surface area contributed by atoms with Crippen molar-refractivity contribution < 1.29 is 9.50 Å². The Morgan fingerprint density at radius 1 is 1.36 bits per heavy atom. The molecule has 2 atom stereocenters. The maximum Gasteiger partial charge on any atom is 0.126 e. The minimum absolute atomic E-state index is 0.166. The topological polar surface area (TPSA) is 20.2 Å². The van der Waals surface area contributed by atoms with Crippen molar-refractivity contribution >= 4 is 0 Å². The van der Waals surface area contributed by atoms with Crippen molar-refractivity contribution in [3.05, 3.63) is 35.1 Å². The molecular weight excluding hydrogens is 179 g/mol. The summed E-state index contributed by atoms with van der Waals surface area (Å²) in [7, 11) is 0. The molecule has 1 saturated carbocycles. The van der Waals surface area contributed by atoms with Crippen LogP contribution in [-0.2, 0) is 0 Å². The van der Waals surface area contributed by atoms with Gasteiger partial charge in [-0.2, -0.15) is 0 Å². The Kier molecular flexibility index (Phi) is 2.55. The van der Waals surface area contributed by atoms with Crippen LogP contribution in [0.3, 0.4) is 0 Å². The van der Waals surface area contributed by atoms with Crippen LogP contribution in [0.2, 0.25) is 0 Å². The van der Waals surface area contributed by atoms with Gasteiger partial charge >= 0.3 is 0 Å². The molecule has 76 valence electrons. The van der Waals surface area contributed by atoms with E-state index in [9.17, 15) is 9.50 Å². The van der Waals surface area contributed by atoms with Gasteiger partial charge in [0.1, 0.15) is 5.82 Å². The SMILES string of the molecule is Cc1cc([C@H]2CCC[C@H]2O)ccc1F. The van der Waals surface area contributed by atoms with Gasteiger partial charge in [-0.15, -0.1) is 0 Å². The number of rotatable bonds is 1. The van der Waals surface area contributed by atoms with E-state index in [2.05, 4.69) is 0 Å². The Morgan fingerprint density at radius 2 is 2.14 bits per heavy atom. The molecule has 1 fully saturated rings. The van der Waals surface area contributed by atoms with E-state index < -0.39 is 0 Å². The lowest BCUT2D eigenvalue weighted by atomic mass is 9.94. The van der Waals surface area contributed by atoms with Crippen LogP contribution >= 0.6 is 0 Å². The summed E-state index contributed by atoms with van der Waals surface area (Å²) in [5.74, 6) is 0.0514. The van der Waals surface area contributed by atoms with Gasteiger partial charge in [-0.3, -0.25) is 0 Å². The maximum absolute atomic E-state index is 13.0. The van der Waals surface area contributed by atoms with Crippen molar-refractivity contribution in [1.82, 2.24) is 0 Å². The maximum atomic E-state index is 13.0. The molecule has 2 heteroatoms. The van der Waals surface area contributed by atoms with Gasteiger partial charge in [-0.05, 0) is 37.0 Å². The largest absolute Gasteiger partial charge is 0.392 e. The normalized spacial score (nSPS) is 26.8. The standard InChI is InChI=1S/C12H15FO/c1-8-7-9(5-6-11(8)13)10-3-2-4-12(10)14/h5-7,10,12,14H,2-4H2,1H3/t10-,12-/m1/s1. The molecule has 0 amide bonds. The fourth-order valence-electron chi connectivity index (χ4n) is 2.23. The molecule has 0 bridgehead atoms. The van der Waals surface area contributed by atoms with Gasteiger partial charge in [0.25, 0.3) is 0 Å². The predicted octanol–water partition coefficient (Wildman–Crippen LogP) is 2.76. The first-order valence-corrected chi connectivity index (χ1v) is 5.12. The molecule has 0 saturated heterocycles. The molecule has 0 spiro atoms. The summed E-state index contributed by atoms with van der Waals surface area (Å²) in [5.41, 5.74) is 1.75. The highest BCUT2D eigenvalue weighted by atomic mass is 19.1. The second kappa shape index (κ2) is 3.70. The molecule has 0 aromatic heterocycles. The second-order valence-electron chi connectivity index (χ2n) is 4.11. The molecule has 0 heterocycles. The van der Waals surface area contributed by atoms with Gasteiger partial charge in [0, 0.05) is 5.92 Å². The number of hydrogen-bond acceptors (Lipinski definition) is 1. The van der Waals surface area contributed by atoms with E-state index in [1.165, 1.54) is 6.07 Å². The van der Waals surface area contributed by atoms with E-state index in [0.29, 0.717) is 5.56 Å². The molecule has 1 N–H and O–H groups in total. The number of aryl methyl sites for hydroxylation is 1. The van der Waals surface area contributed by atoms with Crippen LogP contribution < -0.4 is 0 Å². The molecule has 1 aromatic rings. The monoisotopic (exact) mass is 194 g/mol. The third-order valence-electron chi connectivity index (χ3n) is 3.09. The minimum Gasteiger partial charge on any atom is -0.392 e. The van der Waals surface area contributed by atoms with Crippen LogP contribution in [0, 0.1) is 12.7 Å². The van der Waals surface area contributed by atoms with E-state index in [1.54, 1.807) is 13.0 Å². The van der Waals surface area contributed by atoms with E-state index >= 15 is 0 Å². The van der Waals surface area contributed by atoms with Crippen molar-refractivity contribution in [3.8, 4) is 0 Å². The summed E-state index contributed by atoms with van der Waals surface area (Å²) in [6, 6.07) is 5.14. The fraction of sp³-hybridized carbons (Fsp3) is 0.500. The van der Waals surface area contributed by atoms with E-state index in [1.807, 2.05) is 6.07 Å². The van der Waals surface area contributed by atoms with Crippen LogP contribution in [0.15, 0.2) is 18.2 Å². The summed E-state index contributed by atoms with van der Waals surface area (Å²) in [6.45, 7) is 1.76. The Balaban J connectivity index is 2.28. The number of aliphatic hydroxyl groups excluding tert-OH is 1. The zero-order chi connectivity index (χ0) is 10.1. The smallest absolute Gasteiger partial charge is 0.126 e. The summed E-state index contributed by atoms with van der Waals surface area (Å²) < 4.78 is 13.0. The van der Waals surface area contributed by atoms with Crippen LogP contribution in [0.25, 0.3) is 0 Å². The van der Waals surface area contributed by atoms with Crippen LogP contribution in [-0.4, -0.2) is 11.2 Å². The van der Waals surface area contributed by atoms with Crippen molar-refractivity contribution in [3.63, 3.8) is 0 Å². The van der Waals surface area contributed by atoms with E-state index in [0.717, 1.165) is 24.8 Å². The van der Waals surface area contributed by atoms with Crippen LogP contribution in [0.1, 0.15) is 36.3 Å². The number of benzene rings is 1. The zero-order valence-electron chi connectivity index (χ0n) is 8.33. The number of aliphatic hydroxyl groups is 1. The molecule has 0 aliphatic heterocycles. The Morgan fingerprint density at radius 3 is 2.71 bits per heavy atom. The highest BCUT2D eigenvalue weighted by molar-refractivity contribution is 5.28. The van der Waals surface area contributed by atoms with Gasteiger partial charge in [0.15, 0.2) is 0 Å². The molecule has 2 rings (SSSR count). The average Bonchev–Trinajstić information content (AvgIpc) is 2.57. The third-order valence-corrected chi connectivity index (χ3v) is 3.09.